The first-order valence-electron chi connectivity index (χ1n) is 6.11. The van der Waals surface area contributed by atoms with Gasteiger partial charge in [0.05, 0.1) is 5.75 Å². The van der Waals surface area contributed by atoms with Gasteiger partial charge >= 0.3 is 0 Å². The lowest BCUT2D eigenvalue weighted by Gasteiger charge is -2.08. The maximum atomic E-state index is 13.4. The van der Waals surface area contributed by atoms with E-state index >= 15 is 0 Å². The van der Waals surface area contributed by atoms with Crippen LogP contribution in [0, 0.1) is 11.6 Å². The van der Waals surface area contributed by atoms with Gasteiger partial charge in [0, 0.05) is 23.9 Å². The van der Waals surface area contributed by atoms with Crippen LogP contribution in [0.5, 0.6) is 0 Å². The van der Waals surface area contributed by atoms with Crippen LogP contribution in [0.4, 0.5) is 14.5 Å². The molecule has 0 fully saturated rings. The Morgan fingerprint density at radius 2 is 1.71 bits per heavy atom. The molecule has 0 radical (unpaired) electrons. The van der Waals surface area contributed by atoms with Crippen molar-refractivity contribution in [1.82, 2.24) is 4.72 Å². The zero-order valence-electron chi connectivity index (χ0n) is 11.0. The van der Waals surface area contributed by atoms with Gasteiger partial charge in [0.25, 0.3) is 0 Å². The number of halogens is 2. The third kappa shape index (κ3) is 4.51. The molecule has 21 heavy (non-hydrogen) atoms. The van der Waals surface area contributed by atoms with Crippen LogP contribution in [-0.2, 0) is 22.3 Å². The number of benzene rings is 2. The van der Waals surface area contributed by atoms with Gasteiger partial charge in [-0.2, -0.15) is 0 Å². The van der Waals surface area contributed by atoms with Gasteiger partial charge in [0.1, 0.15) is 11.6 Å². The molecule has 2 rings (SSSR count). The number of nitrogens with one attached hydrogen (secondary N) is 1. The van der Waals surface area contributed by atoms with Crippen molar-refractivity contribution in [2.75, 3.05) is 5.73 Å². The zero-order valence-corrected chi connectivity index (χ0v) is 11.8. The lowest BCUT2D eigenvalue weighted by molar-refractivity contribution is 0.562. The van der Waals surface area contributed by atoms with Crippen LogP contribution in [-0.4, -0.2) is 8.42 Å². The van der Waals surface area contributed by atoms with Gasteiger partial charge in [-0.05, 0) is 23.8 Å². The van der Waals surface area contributed by atoms with E-state index in [0.717, 1.165) is 6.07 Å². The van der Waals surface area contributed by atoms with E-state index in [4.69, 9.17) is 5.73 Å². The van der Waals surface area contributed by atoms with Crippen molar-refractivity contribution < 1.29 is 17.2 Å². The third-order valence-electron chi connectivity index (χ3n) is 2.83. The molecule has 0 aromatic heterocycles. The summed E-state index contributed by atoms with van der Waals surface area (Å²) in [5.74, 6) is -1.73. The summed E-state index contributed by atoms with van der Waals surface area (Å²) in [7, 11) is -3.62. The van der Waals surface area contributed by atoms with E-state index in [2.05, 4.69) is 4.72 Å². The van der Waals surface area contributed by atoms with Crippen LogP contribution in [0.15, 0.2) is 42.5 Å². The summed E-state index contributed by atoms with van der Waals surface area (Å²) in [6.07, 6.45) is 0. The van der Waals surface area contributed by atoms with Crippen molar-refractivity contribution in [2.45, 2.75) is 12.3 Å². The quantitative estimate of drug-likeness (QED) is 0.831. The van der Waals surface area contributed by atoms with E-state index in [1.165, 1.54) is 6.07 Å². The fourth-order valence-corrected chi connectivity index (χ4v) is 2.85. The van der Waals surface area contributed by atoms with Crippen molar-refractivity contribution in [3.8, 4) is 0 Å². The van der Waals surface area contributed by atoms with E-state index in [1.807, 2.05) is 0 Å². The van der Waals surface area contributed by atoms with Gasteiger partial charge in [-0.15, -0.1) is 0 Å². The molecule has 0 amide bonds. The topological polar surface area (TPSA) is 72.2 Å². The Hall–Kier alpha value is -1.99. The van der Waals surface area contributed by atoms with Crippen molar-refractivity contribution in [3.05, 3.63) is 65.2 Å². The number of nitrogens with two attached hydrogens (primary N) is 1. The van der Waals surface area contributed by atoms with E-state index < -0.39 is 21.7 Å². The maximum absolute atomic E-state index is 13.4. The first kappa shape index (κ1) is 15.4. The molecule has 0 heterocycles. The molecule has 0 saturated carbocycles. The van der Waals surface area contributed by atoms with E-state index in [1.54, 1.807) is 24.3 Å². The van der Waals surface area contributed by atoms with Crippen molar-refractivity contribution in [3.63, 3.8) is 0 Å². The fraction of sp³-hybridized carbons (Fsp3) is 0.143. The van der Waals surface area contributed by atoms with Crippen LogP contribution < -0.4 is 10.5 Å². The molecular formula is C14H14F2N2O2S. The summed E-state index contributed by atoms with van der Waals surface area (Å²) in [5.41, 5.74) is 6.70. The molecule has 7 heteroatoms. The van der Waals surface area contributed by atoms with Crippen molar-refractivity contribution >= 4 is 15.7 Å². The van der Waals surface area contributed by atoms with E-state index in [-0.39, 0.29) is 17.9 Å². The number of anilines is 1. The molecule has 2 aromatic rings. The smallest absolute Gasteiger partial charge is 0.216 e. The van der Waals surface area contributed by atoms with E-state index in [9.17, 15) is 17.2 Å². The Balaban J connectivity index is 2.02. The normalized spacial score (nSPS) is 11.5. The summed E-state index contributed by atoms with van der Waals surface area (Å²) in [6, 6.07) is 9.40. The predicted molar refractivity (Wildman–Crippen MR) is 76.7 cm³/mol. The molecule has 0 unspecified atom stereocenters. The lowest BCUT2D eigenvalue weighted by atomic mass is 10.2. The number of hydrogen-bond donors (Lipinski definition) is 2. The molecule has 2 aromatic carbocycles. The molecule has 0 aliphatic heterocycles. The Morgan fingerprint density at radius 3 is 2.33 bits per heavy atom. The van der Waals surface area contributed by atoms with Crippen LogP contribution in [0.25, 0.3) is 0 Å². The maximum Gasteiger partial charge on any atom is 0.216 e. The minimum Gasteiger partial charge on any atom is -0.399 e. The number of nitrogen functional groups attached to an aromatic ring is 1. The summed E-state index contributed by atoms with van der Waals surface area (Å²) in [4.78, 5) is 0. The molecule has 0 saturated heterocycles. The van der Waals surface area contributed by atoms with Gasteiger partial charge in [-0.3, -0.25) is 0 Å². The highest BCUT2D eigenvalue weighted by Gasteiger charge is 2.13. The summed E-state index contributed by atoms with van der Waals surface area (Å²) < 4.78 is 52.2. The molecule has 0 aliphatic rings. The fourth-order valence-electron chi connectivity index (χ4n) is 1.74. The SMILES string of the molecule is Nc1ccc(CS(=O)(=O)NCc2ccc(F)cc2F)cc1. The highest BCUT2D eigenvalue weighted by atomic mass is 32.2. The Labute approximate surface area is 121 Å². The molecule has 3 N–H and O–H groups in total. The highest BCUT2D eigenvalue weighted by Crippen LogP contribution is 2.11. The van der Waals surface area contributed by atoms with Crippen molar-refractivity contribution in [1.29, 1.82) is 0 Å². The minimum atomic E-state index is -3.62. The van der Waals surface area contributed by atoms with Gasteiger partial charge in [0.2, 0.25) is 10.0 Å². The second kappa shape index (κ2) is 6.19. The number of rotatable bonds is 5. The van der Waals surface area contributed by atoms with Gasteiger partial charge in [-0.25, -0.2) is 21.9 Å². The molecule has 0 atom stereocenters. The Bertz CT molecular complexity index is 731. The first-order chi connectivity index (χ1) is 9.85. The first-order valence-corrected chi connectivity index (χ1v) is 7.77. The summed E-state index contributed by atoms with van der Waals surface area (Å²) in [5, 5.41) is 0. The largest absolute Gasteiger partial charge is 0.399 e. The lowest BCUT2D eigenvalue weighted by Crippen LogP contribution is -2.25. The second-order valence-corrected chi connectivity index (χ2v) is 6.36. The second-order valence-electron chi connectivity index (χ2n) is 4.56. The summed E-state index contributed by atoms with van der Waals surface area (Å²) in [6.45, 7) is -0.233. The Kier molecular flexibility index (Phi) is 4.54. The molecule has 112 valence electrons. The minimum absolute atomic E-state index is 0.0808. The van der Waals surface area contributed by atoms with Gasteiger partial charge in [0.15, 0.2) is 0 Å². The zero-order chi connectivity index (χ0) is 15.5. The predicted octanol–water partition coefficient (Wildman–Crippen LogP) is 2.17. The van der Waals surface area contributed by atoms with Crippen LogP contribution in [0.1, 0.15) is 11.1 Å². The third-order valence-corrected chi connectivity index (χ3v) is 4.13. The van der Waals surface area contributed by atoms with Crippen LogP contribution in [0.2, 0.25) is 0 Å². The number of sulfonamides is 1. The molecule has 0 bridgehead atoms. The molecule has 0 aliphatic carbocycles. The average molecular weight is 312 g/mol. The molecular weight excluding hydrogens is 298 g/mol. The summed E-state index contributed by atoms with van der Waals surface area (Å²) >= 11 is 0. The van der Waals surface area contributed by atoms with Crippen molar-refractivity contribution in [2.24, 2.45) is 0 Å². The van der Waals surface area contributed by atoms with E-state index in [0.29, 0.717) is 17.3 Å². The highest BCUT2D eigenvalue weighted by molar-refractivity contribution is 7.88. The average Bonchev–Trinajstić information content (AvgIpc) is 2.40. The van der Waals surface area contributed by atoms with Gasteiger partial charge in [-0.1, -0.05) is 18.2 Å². The van der Waals surface area contributed by atoms with Crippen LogP contribution in [0.3, 0.4) is 0 Å². The van der Waals surface area contributed by atoms with Crippen LogP contribution >= 0.6 is 0 Å². The number of hydrogen-bond acceptors (Lipinski definition) is 3. The van der Waals surface area contributed by atoms with Gasteiger partial charge < -0.3 is 5.73 Å². The Morgan fingerprint density at radius 1 is 1.05 bits per heavy atom. The molecule has 4 nitrogen and oxygen atoms in total. The standard InChI is InChI=1S/C14H14F2N2O2S/c15-12-4-3-11(14(16)7-12)8-18-21(19,20)9-10-1-5-13(17)6-2-10/h1-7,18H,8-9,17H2. The molecule has 0 spiro atoms. The monoisotopic (exact) mass is 312 g/mol.